The first-order valence-electron chi connectivity index (χ1n) is 4.97. The van der Waals surface area contributed by atoms with E-state index in [0.29, 0.717) is 11.3 Å². The average Bonchev–Trinajstić information content (AvgIpc) is 2.39. The summed E-state index contributed by atoms with van der Waals surface area (Å²) in [4.78, 5) is 15.4. The Hall–Kier alpha value is -2.43. The van der Waals surface area contributed by atoms with Gasteiger partial charge in [-0.25, -0.2) is 4.39 Å². The molecule has 0 bridgehead atoms. The molecule has 5 heteroatoms. The third-order valence-corrected chi connectivity index (χ3v) is 2.11. The predicted octanol–water partition coefficient (Wildman–Crippen LogP) is 1.98. The van der Waals surface area contributed by atoms with Crippen LogP contribution in [0.2, 0.25) is 0 Å². The Bertz CT molecular complexity index is 499. The van der Waals surface area contributed by atoms with E-state index >= 15 is 0 Å². The number of amides is 1. The number of anilines is 1. The van der Waals surface area contributed by atoms with Gasteiger partial charge in [0.2, 0.25) is 0 Å². The van der Waals surface area contributed by atoms with Crippen molar-refractivity contribution in [1.29, 1.82) is 0 Å². The van der Waals surface area contributed by atoms with E-state index in [1.54, 1.807) is 12.1 Å². The van der Waals surface area contributed by atoms with Gasteiger partial charge >= 0.3 is 0 Å². The molecule has 2 aromatic rings. The number of carbonyl (C=O) groups is 1. The summed E-state index contributed by atoms with van der Waals surface area (Å²) < 4.78 is 12.6. The van der Waals surface area contributed by atoms with E-state index in [0.717, 1.165) is 0 Å². The first-order chi connectivity index (χ1) is 8.25. The lowest BCUT2D eigenvalue weighted by molar-refractivity contribution is 0.0962. The maximum absolute atomic E-state index is 12.6. The normalized spacial score (nSPS) is 9.71. The van der Waals surface area contributed by atoms with Gasteiger partial charge in [-0.05, 0) is 36.4 Å². The highest BCUT2D eigenvalue weighted by Gasteiger charge is 2.03. The SMILES string of the molecule is O=C(NNc1ccc(F)cc1)c1ccncc1. The van der Waals surface area contributed by atoms with Gasteiger partial charge < -0.3 is 0 Å². The Kier molecular flexibility index (Phi) is 3.30. The molecule has 0 saturated heterocycles. The molecule has 0 atom stereocenters. The van der Waals surface area contributed by atoms with Crippen molar-refractivity contribution in [2.24, 2.45) is 0 Å². The minimum absolute atomic E-state index is 0.281. The highest BCUT2D eigenvalue weighted by Crippen LogP contribution is 2.06. The Morgan fingerprint density at radius 2 is 1.71 bits per heavy atom. The van der Waals surface area contributed by atoms with Crippen molar-refractivity contribution < 1.29 is 9.18 Å². The lowest BCUT2D eigenvalue weighted by Gasteiger charge is -2.07. The van der Waals surface area contributed by atoms with Crippen LogP contribution in [0.1, 0.15) is 10.4 Å². The molecule has 0 aliphatic rings. The third kappa shape index (κ3) is 3.01. The van der Waals surface area contributed by atoms with Crippen LogP contribution in [-0.4, -0.2) is 10.9 Å². The molecule has 1 aromatic heterocycles. The molecule has 2 rings (SSSR count). The Labute approximate surface area is 97.5 Å². The van der Waals surface area contributed by atoms with E-state index in [1.807, 2.05) is 0 Å². The summed E-state index contributed by atoms with van der Waals surface area (Å²) in [5.41, 5.74) is 6.28. The van der Waals surface area contributed by atoms with E-state index in [9.17, 15) is 9.18 Å². The molecule has 0 aliphatic heterocycles. The minimum atomic E-state index is -0.323. The van der Waals surface area contributed by atoms with Gasteiger partial charge in [-0.1, -0.05) is 0 Å². The first-order valence-corrected chi connectivity index (χ1v) is 4.97. The smallest absolute Gasteiger partial charge is 0.269 e. The quantitative estimate of drug-likeness (QED) is 0.794. The molecule has 0 radical (unpaired) electrons. The van der Waals surface area contributed by atoms with Crippen LogP contribution in [0.3, 0.4) is 0 Å². The van der Waals surface area contributed by atoms with Crippen LogP contribution in [0.4, 0.5) is 10.1 Å². The van der Waals surface area contributed by atoms with Crippen molar-refractivity contribution in [3.05, 3.63) is 60.2 Å². The van der Waals surface area contributed by atoms with Crippen LogP contribution in [-0.2, 0) is 0 Å². The molecule has 1 heterocycles. The molecule has 0 aliphatic carbocycles. The molecule has 1 amide bonds. The summed E-state index contributed by atoms with van der Waals surface area (Å²) in [5, 5.41) is 0. The number of rotatable bonds is 3. The Morgan fingerprint density at radius 3 is 2.35 bits per heavy atom. The number of benzene rings is 1. The van der Waals surface area contributed by atoms with E-state index < -0.39 is 0 Å². The Morgan fingerprint density at radius 1 is 1.06 bits per heavy atom. The standard InChI is InChI=1S/C12H10FN3O/c13-10-1-3-11(4-2-10)15-16-12(17)9-5-7-14-8-6-9/h1-8,15H,(H,16,17). The summed E-state index contributed by atoms with van der Waals surface area (Å²) in [6, 6.07) is 8.87. The summed E-state index contributed by atoms with van der Waals surface area (Å²) in [5.74, 6) is -0.604. The molecule has 2 N–H and O–H groups in total. The van der Waals surface area contributed by atoms with Crippen molar-refractivity contribution in [2.45, 2.75) is 0 Å². The van der Waals surface area contributed by atoms with Crippen LogP contribution < -0.4 is 10.9 Å². The number of pyridine rings is 1. The predicted molar refractivity (Wildman–Crippen MR) is 61.7 cm³/mol. The maximum atomic E-state index is 12.6. The summed E-state index contributed by atoms with van der Waals surface area (Å²) in [7, 11) is 0. The Balaban J connectivity index is 1.95. The number of halogens is 1. The molecule has 0 fully saturated rings. The van der Waals surface area contributed by atoms with Crippen LogP contribution in [0.25, 0.3) is 0 Å². The molecule has 17 heavy (non-hydrogen) atoms. The van der Waals surface area contributed by atoms with Crippen molar-refractivity contribution in [1.82, 2.24) is 10.4 Å². The zero-order valence-electron chi connectivity index (χ0n) is 8.85. The molecule has 1 aromatic carbocycles. The second-order valence-electron chi connectivity index (χ2n) is 3.32. The van der Waals surface area contributed by atoms with E-state index in [4.69, 9.17) is 0 Å². The van der Waals surface area contributed by atoms with Gasteiger partial charge in [0.25, 0.3) is 5.91 Å². The number of hydrazine groups is 1. The molecule has 0 saturated carbocycles. The van der Waals surface area contributed by atoms with E-state index in [-0.39, 0.29) is 11.7 Å². The fourth-order valence-electron chi connectivity index (χ4n) is 1.24. The lowest BCUT2D eigenvalue weighted by atomic mass is 10.2. The second-order valence-corrected chi connectivity index (χ2v) is 3.32. The van der Waals surface area contributed by atoms with E-state index in [2.05, 4.69) is 15.8 Å². The van der Waals surface area contributed by atoms with Crippen molar-refractivity contribution in [3.63, 3.8) is 0 Å². The minimum Gasteiger partial charge on any atom is -0.298 e. The second kappa shape index (κ2) is 5.07. The van der Waals surface area contributed by atoms with Crippen LogP contribution in [0.5, 0.6) is 0 Å². The number of aromatic nitrogens is 1. The van der Waals surface area contributed by atoms with Gasteiger partial charge in [0.05, 0.1) is 5.69 Å². The van der Waals surface area contributed by atoms with Gasteiger partial charge in [0, 0.05) is 18.0 Å². The number of hydrogen-bond acceptors (Lipinski definition) is 3. The summed E-state index contributed by atoms with van der Waals surface area (Å²) >= 11 is 0. The zero-order chi connectivity index (χ0) is 12.1. The monoisotopic (exact) mass is 231 g/mol. The van der Waals surface area contributed by atoms with Gasteiger partial charge in [0.15, 0.2) is 0 Å². The largest absolute Gasteiger partial charge is 0.298 e. The highest BCUT2D eigenvalue weighted by molar-refractivity contribution is 5.94. The first kappa shape index (κ1) is 11.1. The van der Waals surface area contributed by atoms with E-state index in [1.165, 1.54) is 36.7 Å². The van der Waals surface area contributed by atoms with Gasteiger partial charge in [-0.2, -0.15) is 0 Å². The summed E-state index contributed by atoms with van der Waals surface area (Å²) in [6.45, 7) is 0. The number of nitrogens with zero attached hydrogens (tertiary/aromatic N) is 1. The molecule has 0 unspecified atom stereocenters. The number of hydrogen-bond donors (Lipinski definition) is 2. The molecule has 0 spiro atoms. The molecular formula is C12H10FN3O. The van der Waals surface area contributed by atoms with Crippen LogP contribution >= 0.6 is 0 Å². The fourth-order valence-corrected chi connectivity index (χ4v) is 1.24. The van der Waals surface area contributed by atoms with Crippen molar-refractivity contribution >= 4 is 11.6 Å². The van der Waals surface area contributed by atoms with Crippen LogP contribution in [0.15, 0.2) is 48.8 Å². The molecule has 4 nitrogen and oxygen atoms in total. The molecule has 86 valence electrons. The maximum Gasteiger partial charge on any atom is 0.269 e. The van der Waals surface area contributed by atoms with Gasteiger partial charge in [0.1, 0.15) is 5.82 Å². The topological polar surface area (TPSA) is 54.0 Å². The number of carbonyl (C=O) groups excluding carboxylic acids is 1. The highest BCUT2D eigenvalue weighted by atomic mass is 19.1. The average molecular weight is 231 g/mol. The fraction of sp³-hybridized carbons (Fsp3) is 0. The third-order valence-electron chi connectivity index (χ3n) is 2.11. The zero-order valence-corrected chi connectivity index (χ0v) is 8.85. The number of nitrogens with one attached hydrogen (secondary N) is 2. The van der Waals surface area contributed by atoms with Crippen LogP contribution in [0, 0.1) is 5.82 Å². The van der Waals surface area contributed by atoms with Gasteiger partial charge in [-0.3, -0.25) is 20.6 Å². The molecular weight excluding hydrogens is 221 g/mol. The van der Waals surface area contributed by atoms with Gasteiger partial charge in [-0.15, -0.1) is 0 Å². The lowest BCUT2D eigenvalue weighted by Crippen LogP contribution is -2.29. The van der Waals surface area contributed by atoms with Crippen molar-refractivity contribution in [3.8, 4) is 0 Å². The van der Waals surface area contributed by atoms with Crippen molar-refractivity contribution in [2.75, 3.05) is 5.43 Å². The summed E-state index contributed by atoms with van der Waals surface area (Å²) in [6.07, 6.45) is 3.07.